The Bertz CT molecular complexity index is 716. The van der Waals surface area contributed by atoms with E-state index >= 15 is 0 Å². The average molecular weight is 390 g/mol. The van der Waals surface area contributed by atoms with Crippen LogP contribution in [0.25, 0.3) is 0 Å². The number of morpholine rings is 1. The van der Waals surface area contributed by atoms with Crippen LogP contribution in [0.1, 0.15) is 29.8 Å². The van der Waals surface area contributed by atoms with E-state index in [1.807, 2.05) is 4.90 Å². The van der Waals surface area contributed by atoms with Gasteiger partial charge in [0.25, 0.3) is 5.91 Å². The summed E-state index contributed by atoms with van der Waals surface area (Å²) >= 11 is 0. The van der Waals surface area contributed by atoms with Gasteiger partial charge in [-0.2, -0.15) is 0 Å². The van der Waals surface area contributed by atoms with Gasteiger partial charge in [-0.15, -0.1) is 0 Å². The summed E-state index contributed by atoms with van der Waals surface area (Å²) in [6.07, 6.45) is 3.16. The summed E-state index contributed by atoms with van der Waals surface area (Å²) in [7, 11) is 0. The number of carbonyl (C=O) groups is 3. The maximum atomic E-state index is 12.4. The fourth-order valence-electron chi connectivity index (χ4n) is 4.27. The SMILES string of the molecule is O=C(N[C@@H]1C[C@H]2C(=O)NC[C@@H](CCC(=O)N3CCOCC3)N2C1)c1ccco1. The van der Waals surface area contributed by atoms with Gasteiger partial charge in [0.05, 0.1) is 25.5 Å². The summed E-state index contributed by atoms with van der Waals surface area (Å²) in [6, 6.07) is 2.99. The van der Waals surface area contributed by atoms with Crippen LogP contribution in [0.4, 0.5) is 0 Å². The predicted octanol–water partition coefficient (Wildman–Crippen LogP) is -0.410. The maximum absolute atomic E-state index is 12.4. The van der Waals surface area contributed by atoms with Crippen molar-refractivity contribution >= 4 is 17.7 Å². The molecule has 1 aromatic heterocycles. The van der Waals surface area contributed by atoms with Gasteiger partial charge >= 0.3 is 0 Å². The molecule has 3 atom stereocenters. The molecule has 0 unspecified atom stereocenters. The second kappa shape index (κ2) is 8.32. The molecule has 2 N–H and O–H groups in total. The first kappa shape index (κ1) is 18.9. The summed E-state index contributed by atoms with van der Waals surface area (Å²) in [5.41, 5.74) is 0. The first-order valence-electron chi connectivity index (χ1n) is 9.85. The molecule has 0 radical (unpaired) electrons. The molecule has 28 heavy (non-hydrogen) atoms. The van der Waals surface area contributed by atoms with Crippen molar-refractivity contribution < 1.29 is 23.5 Å². The highest BCUT2D eigenvalue weighted by molar-refractivity contribution is 5.91. The number of piperazine rings is 1. The topological polar surface area (TPSA) is 104 Å². The molecule has 4 heterocycles. The Morgan fingerprint density at radius 2 is 2.11 bits per heavy atom. The van der Waals surface area contributed by atoms with Crippen molar-refractivity contribution in [3.63, 3.8) is 0 Å². The van der Waals surface area contributed by atoms with Crippen molar-refractivity contribution in [2.45, 2.75) is 37.4 Å². The van der Waals surface area contributed by atoms with Crippen molar-refractivity contribution in [2.24, 2.45) is 0 Å². The van der Waals surface area contributed by atoms with E-state index < -0.39 is 0 Å². The zero-order valence-corrected chi connectivity index (χ0v) is 15.8. The highest BCUT2D eigenvalue weighted by atomic mass is 16.5. The monoisotopic (exact) mass is 390 g/mol. The molecule has 3 fully saturated rings. The number of nitrogens with one attached hydrogen (secondary N) is 2. The number of amides is 3. The number of rotatable bonds is 5. The Balaban J connectivity index is 1.33. The Kier molecular flexibility index (Phi) is 5.63. The molecule has 152 valence electrons. The lowest BCUT2D eigenvalue weighted by atomic mass is 10.0. The van der Waals surface area contributed by atoms with E-state index in [2.05, 4.69) is 15.5 Å². The molecule has 4 rings (SSSR count). The van der Waals surface area contributed by atoms with Crippen molar-refractivity contribution in [2.75, 3.05) is 39.4 Å². The first-order chi connectivity index (χ1) is 13.6. The highest BCUT2D eigenvalue weighted by Crippen LogP contribution is 2.26. The van der Waals surface area contributed by atoms with Crippen LogP contribution in [-0.4, -0.2) is 85.0 Å². The summed E-state index contributed by atoms with van der Waals surface area (Å²) in [5, 5.41) is 5.90. The zero-order chi connectivity index (χ0) is 19.5. The third kappa shape index (κ3) is 4.05. The molecule has 3 aliphatic heterocycles. The normalized spacial score (nSPS) is 27.9. The van der Waals surface area contributed by atoms with Crippen LogP contribution in [0.15, 0.2) is 22.8 Å². The average Bonchev–Trinajstić information content (AvgIpc) is 3.38. The number of carbonyl (C=O) groups excluding carboxylic acids is 3. The summed E-state index contributed by atoms with van der Waals surface area (Å²) in [4.78, 5) is 40.9. The van der Waals surface area contributed by atoms with E-state index in [1.165, 1.54) is 6.26 Å². The molecule has 3 aliphatic rings. The van der Waals surface area contributed by atoms with Crippen molar-refractivity contribution in [3.8, 4) is 0 Å². The van der Waals surface area contributed by atoms with Gasteiger partial charge in [-0.05, 0) is 25.0 Å². The maximum Gasteiger partial charge on any atom is 0.287 e. The van der Waals surface area contributed by atoms with E-state index in [-0.39, 0.29) is 41.6 Å². The van der Waals surface area contributed by atoms with Crippen molar-refractivity contribution in [1.82, 2.24) is 20.4 Å². The third-order valence-electron chi connectivity index (χ3n) is 5.76. The minimum atomic E-state index is -0.269. The molecule has 0 aliphatic carbocycles. The molecule has 9 nitrogen and oxygen atoms in total. The molecule has 0 bridgehead atoms. The van der Waals surface area contributed by atoms with Gasteiger partial charge in [0.15, 0.2) is 5.76 Å². The Hall–Kier alpha value is -2.39. The van der Waals surface area contributed by atoms with Gasteiger partial charge in [-0.25, -0.2) is 0 Å². The second-order valence-corrected chi connectivity index (χ2v) is 7.53. The number of hydrogen-bond donors (Lipinski definition) is 2. The zero-order valence-electron chi connectivity index (χ0n) is 15.8. The van der Waals surface area contributed by atoms with Gasteiger partial charge in [0.2, 0.25) is 11.8 Å². The Labute approximate surface area is 163 Å². The van der Waals surface area contributed by atoms with Crippen LogP contribution >= 0.6 is 0 Å². The lowest BCUT2D eigenvalue weighted by Gasteiger charge is -2.37. The molecule has 9 heteroatoms. The number of hydrogen-bond acceptors (Lipinski definition) is 6. The third-order valence-corrected chi connectivity index (χ3v) is 5.76. The Morgan fingerprint density at radius 1 is 1.29 bits per heavy atom. The number of furan rings is 1. The van der Waals surface area contributed by atoms with Crippen LogP contribution < -0.4 is 10.6 Å². The molecular formula is C19H26N4O5. The van der Waals surface area contributed by atoms with E-state index in [4.69, 9.17) is 9.15 Å². The lowest BCUT2D eigenvalue weighted by molar-refractivity contribution is -0.136. The van der Waals surface area contributed by atoms with Crippen LogP contribution in [0.3, 0.4) is 0 Å². The van der Waals surface area contributed by atoms with Crippen LogP contribution in [0.5, 0.6) is 0 Å². The highest BCUT2D eigenvalue weighted by Gasteiger charge is 2.44. The lowest BCUT2D eigenvalue weighted by Crippen LogP contribution is -2.58. The standard InChI is InChI=1S/C19H26N4O5/c24-17(22-5-8-27-9-6-22)4-3-14-11-20-18(25)15-10-13(12-23(14)15)21-19(26)16-2-1-7-28-16/h1-2,7,13-15H,3-6,8-12H2,(H,20,25)(H,21,26)/t13-,14-,15+/m1/s1. The second-order valence-electron chi connectivity index (χ2n) is 7.53. The smallest absolute Gasteiger partial charge is 0.287 e. The van der Waals surface area contributed by atoms with E-state index in [1.54, 1.807) is 12.1 Å². The van der Waals surface area contributed by atoms with Crippen molar-refractivity contribution in [1.29, 1.82) is 0 Å². The predicted molar refractivity (Wildman–Crippen MR) is 98.5 cm³/mol. The number of nitrogens with zero attached hydrogens (tertiary/aromatic N) is 2. The van der Waals surface area contributed by atoms with Gasteiger partial charge in [-0.1, -0.05) is 0 Å². The van der Waals surface area contributed by atoms with Crippen LogP contribution in [0, 0.1) is 0 Å². The van der Waals surface area contributed by atoms with E-state index in [0.717, 1.165) is 0 Å². The fraction of sp³-hybridized carbons (Fsp3) is 0.632. The van der Waals surface area contributed by atoms with Gasteiger partial charge in [-0.3, -0.25) is 19.3 Å². The Morgan fingerprint density at radius 3 is 2.86 bits per heavy atom. The molecule has 1 aromatic rings. The van der Waals surface area contributed by atoms with Gasteiger partial charge in [0.1, 0.15) is 0 Å². The summed E-state index contributed by atoms with van der Waals surface area (Å²) in [5.74, 6) is 0.125. The van der Waals surface area contributed by atoms with Gasteiger partial charge < -0.3 is 24.7 Å². The van der Waals surface area contributed by atoms with Crippen LogP contribution in [-0.2, 0) is 14.3 Å². The van der Waals surface area contributed by atoms with Gasteiger partial charge in [0, 0.05) is 44.7 Å². The minimum Gasteiger partial charge on any atom is -0.459 e. The molecule has 3 saturated heterocycles. The quantitative estimate of drug-likeness (QED) is 0.708. The number of fused-ring (bicyclic) bond motifs is 1. The van der Waals surface area contributed by atoms with Crippen LogP contribution in [0.2, 0.25) is 0 Å². The summed E-state index contributed by atoms with van der Waals surface area (Å²) in [6.45, 7) is 3.61. The molecule has 0 saturated carbocycles. The van der Waals surface area contributed by atoms with E-state index in [9.17, 15) is 14.4 Å². The molecule has 3 amide bonds. The molecule has 0 aromatic carbocycles. The summed E-state index contributed by atoms with van der Waals surface area (Å²) < 4.78 is 10.4. The fourth-order valence-corrected chi connectivity index (χ4v) is 4.27. The molecular weight excluding hydrogens is 364 g/mol. The van der Waals surface area contributed by atoms with E-state index in [0.29, 0.717) is 58.7 Å². The largest absolute Gasteiger partial charge is 0.459 e. The first-order valence-corrected chi connectivity index (χ1v) is 9.85. The van der Waals surface area contributed by atoms with Crippen molar-refractivity contribution in [3.05, 3.63) is 24.2 Å². The molecule has 0 spiro atoms. The minimum absolute atomic E-state index is 0.00879. The number of ether oxygens (including phenoxy) is 1.